The SMILES string of the molecule is COc1ccc(COC(=O)C2(N)CCCCC2C)cc1. The molecule has 1 aliphatic carbocycles. The molecule has 20 heavy (non-hydrogen) atoms. The van der Waals surface area contributed by atoms with Gasteiger partial charge >= 0.3 is 5.97 Å². The summed E-state index contributed by atoms with van der Waals surface area (Å²) in [6.07, 6.45) is 3.86. The monoisotopic (exact) mass is 277 g/mol. The number of methoxy groups -OCH3 is 1. The minimum Gasteiger partial charge on any atom is -0.497 e. The Labute approximate surface area is 120 Å². The fourth-order valence-electron chi connectivity index (χ4n) is 2.68. The molecule has 4 heteroatoms. The minimum absolute atomic E-state index is 0.180. The fourth-order valence-corrected chi connectivity index (χ4v) is 2.68. The highest BCUT2D eigenvalue weighted by Crippen LogP contribution is 2.32. The van der Waals surface area contributed by atoms with Crippen LogP contribution in [0.15, 0.2) is 24.3 Å². The van der Waals surface area contributed by atoms with Crippen LogP contribution in [0, 0.1) is 5.92 Å². The quantitative estimate of drug-likeness (QED) is 0.859. The average Bonchev–Trinajstić information content (AvgIpc) is 2.48. The highest BCUT2D eigenvalue weighted by atomic mass is 16.5. The van der Waals surface area contributed by atoms with Gasteiger partial charge in [0.15, 0.2) is 0 Å². The molecule has 1 fully saturated rings. The number of carbonyl (C=O) groups excluding carboxylic acids is 1. The first-order chi connectivity index (χ1) is 9.56. The minimum atomic E-state index is -0.815. The van der Waals surface area contributed by atoms with Gasteiger partial charge in [0.05, 0.1) is 7.11 Å². The van der Waals surface area contributed by atoms with E-state index >= 15 is 0 Å². The molecular formula is C16H23NO3. The van der Waals surface area contributed by atoms with Gasteiger partial charge in [0.1, 0.15) is 17.9 Å². The van der Waals surface area contributed by atoms with E-state index < -0.39 is 5.54 Å². The third-order valence-electron chi connectivity index (χ3n) is 4.27. The van der Waals surface area contributed by atoms with E-state index in [1.165, 1.54) is 0 Å². The third-order valence-corrected chi connectivity index (χ3v) is 4.27. The summed E-state index contributed by atoms with van der Waals surface area (Å²) in [6, 6.07) is 7.48. The summed E-state index contributed by atoms with van der Waals surface area (Å²) >= 11 is 0. The second-order valence-electron chi connectivity index (χ2n) is 5.61. The number of hydrogen-bond acceptors (Lipinski definition) is 4. The number of esters is 1. The van der Waals surface area contributed by atoms with E-state index in [1.54, 1.807) is 7.11 Å². The van der Waals surface area contributed by atoms with E-state index in [1.807, 2.05) is 31.2 Å². The van der Waals surface area contributed by atoms with Crippen LogP contribution < -0.4 is 10.5 Å². The van der Waals surface area contributed by atoms with Crippen molar-refractivity contribution in [1.29, 1.82) is 0 Å². The molecule has 110 valence electrons. The van der Waals surface area contributed by atoms with Gasteiger partial charge in [-0.1, -0.05) is 31.9 Å². The lowest BCUT2D eigenvalue weighted by Gasteiger charge is -2.36. The molecule has 2 unspecified atom stereocenters. The molecule has 1 saturated carbocycles. The van der Waals surface area contributed by atoms with E-state index in [2.05, 4.69) is 0 Å². The van der Waals surface area contributed by atoms with Gasteiger partial charge in [-0.15, -0.1) is 0 Å². The van der Waals surface area contributed by atoms with Crippen LogP contribution >= 0.6 is 0 Å². The molecule has 2 N–H and O–H groups in total. The molecule has 1 aliphatic rings. The maximum absolute atomic E-state index is 12.3. The fraction of sp³-hybridized carbons (Fsp3) is 0.562. The largest absolute Gasteiger partial charge is 0.497 e. The molecule has 1 aromatic rings. The topological polar surface area (TPSA) is 61.5 Å². The zero-order valence-corrected chi connectivity index (χ0v) is 12.2. The second kappa shape index (κ2) is 6.27. The van der Waals surface area contributed by atoms with Gasteiger partial charge < -0.3 is 15.2 Å². The first kappa shape index (κ1) is 14.9. The smallest absolute Gasteiger partial charge is 0.326 e. The van der Waals surface area contributed by atoms with Gasteiger partial charge in [0.2, 0.25) is 0 Å². The summed E-state index contributed by atoms with van der Waals surface area (Å²) in [5, 5.41) is 0. The lowest BCUT2D eigenvalue weighted by Crippen LogP contribution is -2.55. The lowest BCUT2D eigenvalue weighted by molar-refractivity contribution is -0.155. The Kier molecular flexibility index (Phi) is 4.65. The molecule has 0 heterocycles. The summed E-state index contributed by atoms with van der Waals surface area (Å²) < 4.78 is 10.5. The summed E-state index contributed by atoms with van der Waals surface area (Å²) in [5.41, 5.74) is 6.38. The first-order valence-electron chi connectivity index (χ1n) is 7.15. The number of nitrogens with two attached hydrogens (primary N) is 1. The average molecular weight is 277 g/mol. The number of rotatable bonds is 4. The van der Waals surface area contributed by atoms with E-state index in [4.69, 9.17) is 15.2 Å². The Balaban J connectivity index is 1.93. The molecule has 0 radical (unpaired) electrons. The van der Waals surface area contributed by atoms with Gasteiger partial charge in [-0.2, -0.15) is 0 Å². The van der Waals surface area contributed by atoms with Crippen molar-refractivity contribution in [3.63, 3.8) is 0 Å². The first-order valence-corrected chi connectivity index (χ1v) is 7.15. The van der Waals surface area contributed by atoms with Crippen LogP contribution in [0.2, 0.25) is 0 Å². The van der Waals surface area contributed by atoms with Crippen molar-refractivity contribution in [3.05, 3.63) is 29.8 Å². The highest BCUT2D eigenvalue weighted by molar-refractivity contribution is 5.81. The molecule has 0 aliphatic heterocycles. The standard InChI is InChI=1S/C16H23NO3/c1-12-5-3-4-10-16(12,17)15(18)20-11-13-6-8-14(19-2)9-7-13/h6-9,12H,3-5,10-11,17H2,1-2H3. The van der Waals surface area contributed by atoms with Crippen molar-refractivity contribution >= 4 is 5.97 Å². The van der Waals surface area contributed by atoms with Crippen LogP contribution in [0.3, 0.4) is 0 Å². The van der Waals surface area contributed by atoms with E-state index in [-0.39, 0.29) is 18.5 Å². The third kappa shape index (κ3) is 3.12. The molecule has 0 bridgehead atoms. The zero-order valence-electron chi connectivity index (χ0n) is 12.2. The summed E-state index contributed by atoms with van der Waals surface area (Å²) in [4.78, 5) is 12.3. The number of benzene rings is 1. The molecule has 4 nitrogen and oxygen atoms in total. The Bertz CT molecular complexity index is 457. The van der Waals surface area contributed by atoms with Crippen LogP contribution in [-0.4, -0.2) is 18.6 Å². The lowest BCUT2D eigenvalue weighted by atomic mass is 9.74. The van der Waals surface area contributed by atoms with Crippen molar-refractivity contribution < 1.29 is 14.3 Å². The second-order valence-corrected chi connectivity index (χ2v) is 5.61. The molecule has 2 rings (SSSR count). The van der Waals surface area contributed by atoms with Gasteiger partial charge in [0, 0.05) is 0 Å². The van der Waals surface area contributed by atoms with E-state index in [9.17, 15) is 4.79 Å². The molecule has 0 saturated heterocycles. The Morgan fingerprint density at radius 3 is 2.65 bits per heavy atom. The Morgan fingerprint density at radius 2 is 2.05 bits per heavy atom. The predicted octanol–water partition coefficient (Wildman–Crippen LogP) is 2.65. The van der Waals surface area contributed by atoms with Crippen LogP contribution in [0.4, 0.5) is 0 Å². The summed E-state index contributed by atoms with van der Waals surface area (Å²) in [7, 11) is 1.62. The molecular weight excluding hydrogens is 254 g/mol. The molecule has 0 amide bonds. The van der Waals surface area contributed by atoms with Gasteiger partial charge in [-0.05, 0) is 36.5 Å². The summed E-state index contributed by atoms with van der Waals surface area (Å²) in [5.74, 6) is 0.691. The van der Waals surface area contributed by atoms with Crippen molar-refractivity contribution in [2.24, 2.45) is 11.7 Å². The van der Waals surface area contributed by atoms with Crippen molar-refractivity contribution in [2.45, 2.75) is 44.8 Å². The maximum Gasteiger partial charge on any atom is 0.326 e. The van der Waals surface area contributed by atoms with Crippen molar-refractivity contribution in [3.8, 4) is 5.75 Å². The normalized spacial score (nSPS) is 26.1. The Hall–Kier alpha value is -1.55. The number of hydrogen-bond donors (Lipinski definition) is 1. The number of carbonyl (C=O) groups is 1. The number of ether oxygens (including phenoxy) is 2. The molecule has 0 spiro atoms. The molecule has 0 aromatic heterocycles. The van der Waals surface area contributed by atoms with E-state index in [0.29, 0.717) is 0 Å². The van der Waals surface area contributed by atoms with Crippen molar-refractivity contribution in [2.75, 3.05) is 7.11 Å². The molecule has 1 aromatic carbocycles. The van der Waals surface area contributed by atoms with Gasteiger partial charge in [-0.3, -0.25) is 4.79 Å². The highest BCUT2D eigenvalue weighted by Gasteiger charge is 2.42. The van der Waals surface area contributed by atoms with E-state index in [0.717, 1.165) is 37.0 Å². The van der Waals surface area contributed by atoms with Crippen LogP contribution in [0.25, 0.3) is 0 Å². The van der Waals surface area contributed by atoms with Crippen LogP contribution in [-0.2, 0) is 16.1 Å². The van der Waals surface area contributed by atoms with Crippen molar-refractivity contribution in [1.82, 2.24) is 0 Å². The Morgan fingerprint density at radius 1 is 1.35 bits per heavy atom. The van der Waals surface area contributed by atoms with Crippen LogP contribution in [0.5, 0.6) is 5.75 Å². The maximum atomic E-state index is 12.3. The van der Waals surface area contributed by atoms with Gasteiger partial charge in [-0.25, -0.2) is 0 Å². The van der Waals surface area contributed by atoms with Gasteiger partial charge in [0.25, 0.3) is 0 Å². The van der Waals surface area contributed by atoms with Crippen LogP contribution in [0.1, 0.15) is 38.2 Å². The summed E-state index contributed by atoms with van der Waals surface area (Å²) in [6.45, 7) is 2.29. The zero-order chi connectivity index (χ0) is 14.6. The predicted molar refractivity (Wildman–Crippen MR) is 77.3 cm³/mol. The molecule has 2 atom stereocenters.